The highest BCUT2D eigenvalue weighted by atomic mass is 79.9. The number of halogens is 2. The topological polar surface area (TPSA) is 33.1 Å². The third-order valence-electron chi connectivity index (χ3n) is 2.49. The Kier molecular flexibility index (Phi) is 3.86. The van der Waals surface area contributed by atoms with Crippen LogP contribution in [0.15, 0.2) is 47.2 Å². The zero-order valence-electron chi connectivity index (χ0n) is 8.98. The first-order chi connectivity index (χ1) is 8.18. The molecule has 1 atom stereocenters. The molecule has 4 heteroatoms. The first kappa shape index (κ1) is 12.2. The van der Waals surface area contributed by atoms with Gasteiger partial charge in [-0.3, -0.25) is 4.98 Å². The van der Waals surface area contributed by atoms with Crippen molar-refractivity contribution in [3.05, 3.63) is 64.1 Å². The molecule has 0 saturated heterocycles. The fourth-order valence-corrected chi connectivity index (χ4v) is 2.01. The maximum Gasteiger partial charge on any atom is 0.143 e. The molecule has 1 aromatic carbocycles. The predicted octanol–water partition coefficient (Wildman–Crippen LogP) is 3.26. The van der Waals surface area contributed by atoms with Crippen LogP contribution in [0, 0.1) is 5.82 Å². The molecule has 88 valence electrons. The number of rotatable bonds is 3. The van der Waals surface area contributed by atoms with Crippen molar-refractivity contribution in [2.45, 2.75) is 12.5 Å². The standard InChI is InChI=1S/C13H11BrFNO/c14-11-5-1-4-10(13(11)15)12(17)7-9-3-2-6-16-8-9/h1-6,8,12,17H,7H2. The van der Waals surface area contributed by atoms with Crippen molar-refractivity contribution in [3.8, 4) is 0 Å². The number of pyridine rings is 1. The van der Waals surface area contributed by atoms with Gasteiger partial charge in [0.1, 0.15) is 5.82 Å². The highest BCUT2D eigenvalue weighted by Gasteiger charge is 2.15. The second kappa shape index (κ2) is 5.38. The molecular weight excluding hydrogens is 285 g/mol. The minimum atomic E-state index is -0.864. The zero-order chi connectivity index (χ0) is 12.3. The van der Waals surface area contributed by atoms with Crippen molar-refractivity contribution >= 4 is 15.9 Å². The quantitative estimate of drug-likeness (QED) is 0.943. The Hall–Kier alpha value is -1.26. The highest BCUT2D eigenvalue weighted by molar-refractivity contribution is 9.10. The predicted molar refractivity (Wildman–Crippen MR) is 67.0 cm³/mol. The van der Waals surface area contributed by atoms with E-state index in [4.69, 9.17) is 0 Å². The van der Waals surface area contributed by atoms with Gasteiger partial charge in [0.15, 0.2) is 0 Å². The monoisotopic (exact) mass is 295 g/mol. The van der Waals surface area contributed by atoms with E-state index in [1.165, 1.54) is 0 Å². The molecule has 17 heavy (non-hydrogen) atoms. The second-order valence-electron chi connectivity index (χ2n) is 3.72. The normalized spacial score (nSPS) is 12.4. The van der Waals surface area contributed by atoms with Gasteiger partial charge < -0.3 is 5.11 Å². The maximum absolute atomic E-state index is 13.7. The Balaban J connectivity index is 2.20. The van der Waals surface area contributed by atoms with E-state index in [9.17, 15) is 9.50 Å². The van der Waals surface area contributed by atoms with Crippen LogP contribution in [-0.2, 0) is 6.42 Å². The molecule has 0 amide bonds. The van der Waals surface area contributed by atoms with E-state index in [-0.39, 0.29) is 0 Å². The summed E-state index contributed by atoms with van der Waals surface area (Å²) in [4.78, 5) is 3.96. The van der Waals surface area contributed by atoms with Gasteiger partial charge in [0.2, 0.25) is 0 Å². The molecule has 0 bridgehead atoms. The van der Waals surface area contributed by atoms with Crippen molar-refractivity contribution in [1.82, 2.24) is 4.98 Å². The van der Waals surface area contributed by atoms with Crippen molar-refractivity contribution in [3.63, 3.8) is 0 Å². The summed E-state index contributed by atoms with van der Waals surface area (Å²) in [7, 11) is 0. The molecule has 2 rings (SSSR count). The van der Waals surface area contributed by atoms with Crippen LogP contribution in [0.4, 0.5) is 4.39 Å². The number of aliphatic hydroxyl groups excluding tert-OH is 1. The lowest BCUT2D eigenvalue weighted by Crippen LogP contribution is -2.05. The lowest BCUT2D eigenvalue weighted by atomic mass is 10.0. The summed E-state index contributed by atoms with van der Waals surface area (Å²) in [6.45, 7) is 0. The Morgan fingerprint density at radius 2 is 2.12 bits per heavy atom. The van der Waals surface area contributed by atoms with Gasteiger partial charge >= 0.3 is 0 Å². The molecule has 1 N–H and O–H groups in total. The Bertz CT molecular complexity index is 504. The number of benzene rings is 1. The molecule has 0 spiro atoms. The second-order valence-corrected chi connectivity index (χ2v) is 4.58. The Morgan fingerprint density at radius 1 is 1.29 bits per heavy atom. The van der Waals surface area contributed by atoms with E-state index in [0.29, 0.717) is 16.5 Å². The van der Waals surface area contributed by atoms with E-state index in [1.807, 2.05) is 6.07 Å². The maximum atomic E-state index is 13.7. The summed E-state index contributed by atoms with van der Waals surface area (Å²) >= 11 is 3.10. The van der Waals surface area contributed by atoms with Gasteiger partial charge in [-0.25, -0.2) is 4.39 Å². The van der Waals surface area contributed by atoms with Crippen molar-refractivity contribution < 1.29 is 9.50 Å². The van der Waals surface area contributed by atoms with Gasteiger partial charge in [-0.2, -0.15) is 0 Å². The minimum Gasteiger partial charge on any atom is -0.388 e. The van der Waals surface area contributed by atoms with E-state index >= 15 is 0 Å². The van der Waals surface area contributed by atoms with Crippen molar-refractivity contribution in [2.75, 3.05) is 0 Å². The van der Waals surface area contributed by atoms with Crippen LogP contribution in [0.25, 0.3) is 0 Å². The van der Waals surface area contributed by atoms with E-state index < -0.39 is 11.9 Å². The SMILES string of the molecule is OC(Cc1cccnc1)c1cccc(Br)c1F. The number of aromatic nitrogens is 1. The molecule has 1 unspecified atom stereocenters. The molecular formula is C13H11BrFNO. The molecule has 2 aromatic rings. The van der Waals surface area contributed by atoms with E-state index in [0.717, 1.165) is 5.56 Å². The van der Waals surface area contributed by atoms with E-state index in [2.05, 4.69) is 20.9 Å². The summed E-state index contributed by atoms with van der Waals surface area (Å²) in [5.74, 6) is -0.413. The first-order valence-electron chi connectivity index (χ1n) is 5.19. The summed E-state index contributed by atoms with van der Waals surface area (Å²) in [6, 6.07) is 8.54. The van der Waals surface area contributed by atoms with Crippen LogP contribution in [0.1, 0.15) is 17.2 Å². The third-order valence-corrected chi connectivity index (χ3v) is 3.10. The van der Waals surface area contributed by atoms with Crippen LogP contribution >= 0.6 is 15.9 Å². The Labute approximate surface area is 107 Å². The third kappa shape index (κ3) is 2.90. The number of nitrogens with zero attached hydrogens (tertiary/aromatic N) is 1. The van der Waals surface area contributed by atoms with Gasteiger partial charge in [0, 0.05) is 24.4 Å². The molecule has 0 aliphatic heterocycles. The van der Waals surface area contributed by atoms with Crippen molar-refractivity contribution in [2.24, 2.45) is 0 Å². The summed E-state index contributed by atoms with van der Waals surface area (Å²) in [6.07, 6.45) is 2.81. The fraction of sp³-hybridized carbons (Fsp3) is 0.154. The average molecular weight is 296 g/mol. The van der Waals surface area contributed by atoms with Crippen LogP contribution in [0.5, 0.6) is 0 Å². The van der Waals surface area contributed by atoms with E-state index in [1.54, 1.807) is 36.7 Å². The highest BCUT2D eigenvalue weighted by Crippen LogP contribution is 2.25. The summed E-state index contributed by atoms with van der Waals surface area (Å²) in [5.41, 5.74) is 1.17. The first-order valence-corrected chi connectivity index (χ1v) is 5.98. The van der Waals surface area contributed by atoms with Crippen LogP contribution in [0.2, 0.25) is 0 Å². The molecule has 2 nitrogen and oxygen atoms in total. The lowest BCUT2D eigenvalue weighted by Gasteiger charge is -2.12. The molecule has 0 aliphatic carbocycles. The summed E-state index contributed by atoms with van der Waals surface area (Å²) in [5, 5.41) is 9.99. The molecule has 1 aromatic heterocycles. The fourth-order valence-electron chi connectivity index (χ4n) is 1.63. The minimum absolute atomic E-state index is 0.295. The molecule has 0 radical (unpaired) electrons. The van der Waals surface area contributed by atoms with Gasteiger partial charge in [-0.1, -0.05) is 18.2 Å². The molecule has 0 fully saturated rings. The largest absolute Gasteiger partial charge is 0.388 e. The van der Waals surface area contributed by atoms with Gasteiger partial charge in [-0.05, 0) is 33.6 Å². The van der Waals surface area contributed by atoms with Crippen LogP contribution < -0.4 is 0 Å². The molecule has 1 heterocycles. The Morgan fingerprint density at radius 3 is 2.82 bits per heavy atom. The number of hydrogen-bond acceptors (Lipinski definition) is 2. The molecule has 0 aliphatic rings. The van der Waals surface area contributed by atoms with Crippen molar-refractivity contribution in [1.29, 1.82) is 0 Å². The van der Waals surface area contributed by atoms with Gasteiger partial charge in [-0.15, -0.1) is 0 Å². The average Bonchev–Trinajstić information content (AvgIpc) is 2.34. The number of aliphatic hydroxyl groups is 1. The zero-order valence-corrected chi connectivity index (χ0v) is 10.6. The van der Waals surface area contributed by atoms with Crippen LogP contribution in [-0.4, -0.2) is 10.1 Å². The lowest BCUT2D eigenvalue weighted by molar-refractivity contribution is 0.173. The van der Waals surface area contributed by atoms with Crippen LogP contribution in [0.3, 0.4) is 0 Å². The summed E-state index contributed by atoms with van der Waals surface area (Å²) < 4.78 is 14.1. The number of hydrogen-bond donors (Lipinski definition) is 1. The smallest absolute Gasteiger partial charge is 0.143 e. The van der Waals surface area contributed by atoms with Gasteiger partial charge in [0.05, 0.1) is 10.6 Å². The van der Waals surface area contributed by atoms with Gasteiger partial charge in [0.25, 0.3) is 0 Å². The molecule has 0 saturated carbocycles.